The predicted octanol–water partition coefficient (Wildman–Crippen LogP) is 16.1. The fraction of sp³-hybridized carbons (Fsp3) is 0.200. The largest absolute Gasteiger partial charge is 0.135 e. The first kappa shape index (κ1) is 35.7. The molecule has 4 aliphatic rings. The van der Waals surface area contributed by atoms with Crippen molar-refractivity contribution in [2.24, 2.45) is 23.7 Å². The van der Waals surface area contributed by atoms with E-state index in [2.05, 4.69) is 196 Å². The highest BCUT2D eigenvalue weighted by Gasteiger charge is 2.56. The number of thiophene rings is 1. The zero-order chi connectivity index (χ0) is 40.5. The van der Waals surface area contributed by atoms with E-state index in [0.29, 0.717) is 5.92 Å². The third-order valence-corrected chi connectivity index (χ3v) is 17.0. The average Bonchev–Trinajstić information content (AvgIpc) is 3.93. The molecule has 4 aliphatic carbocycles. The third kappa shape index (κ3) is 4.93. The molecule has 0 nitrogen and oxygen atoms in total. The summed E-state index contributed by atoms with van der Waals surface area (Å²) in [4.78, 5) is 0. The van der Waals surface area contributed by atoms with Crippen LogP contribution < -0.4 is 0 Å². The number of hydrogen-bond donors (Lipinski definition) is 0. The standard InChI is InChI=1S/C60H48S/c1-37-29-39-31-38(2)59(46(30-37)32-39)53-19-11-10-18-48(53)52-33-40(24-28-55(52)59)42-22-26-50-51-27-23-43(36-58(51)61-57(50)35-42)41-21-25-49-47-17-9-12-20-54(47)60(56(49)34-41,44-13-5-3-6-14-44)45-15-7-4-8-16-45/h3-28,33-39,46H,29-32H2,1-2H3. The molecule has 9 aromatic rings. The Bertz CT molecular complexity index is 3160. The van der Waals surface area contributed by atoms with E-state index in [1.165, 1.54) is 113 Å². The van der Waals surface area contributed by atoms with Gasteiger partial charge in [-0.3, -0.25) is 0 Å². The Morgan fingerprint density at radius 1 is 0.410 bits per heavy atom. The van der Waals surface area contributed by atoms with Crippen molar-refractivity contribution in [2.75, 3.05) is 0 Å². The smallest absolute Gasteiger partial charge is 0.0713 e. The van der Waals surface area contributed by atoms with Gasteiger partial charge in [0.15, 0.2) is 0 Å². The molecule has 0 N–H and O–H groups in total. The highest BCUT2D eigenvalue weighted by Crippen LogP contribution is 2.65. The van der Waals surface area contributed by atoms with Crippen molar-refractivity contribution in [3.05, 3.63) is 215 Å². The molecular weight excluding hydrogens is 753 g/mol. The Morgan fingerprint density at radius 2 is 0.934 bits per heavy atom. The lowest BCUT2D eigenvalue weighted by atomic mass is 9.49. The maximum atomic E-state index is 2.57. The molecule has 0 radical (unpaired) electrons. The summed E-state index contributed by atoms with van der Waals surface area (Å²) in [6.07, 6.45) is 5.50. The zero-order valence-electron chi connectivity index (χ0n) is 34.9. The normalized spacial score (nSPS) is 22.9. The predicted molar refractivity (Wildman–Crippen MR) is 257 cm³/mol. The summed E-state index contributed by atoms with van der Waals surface area (Å²) in [5, 5.41) is 2.68. The molecule has 2 bridgehead atoms. The van der Waals surface area contributed by atoms with Crippen LogP contribution in [0.15, 0.2) is 182 Å². The summed E-state index contributed by atoms with van der Waals surface area (Å²) in [6.45, 7) is 5.08. The number of hydrogen-bond acceptors (Lipinski definition) is 1. The minimum Gasteiger partial charge on any atom is -0.135 e. The fourth-order valence-corrected chi connectivity index (χ4v) is 14.8. The van der Waals surface area contributed by atoms with E-state index in [1.54, 1.807) is 11.1 Å². The molecule has 2 fully saturated rings. The number of rotatable bonds is 4. The van der Waals surface area contributed by atoms with Crippen LogP contribution in [-0.4, -0.2) is 0 Å². The van der Waals surface area contributed by atoms with Gasteiger partial charge in [-0.15, -0.1) is 11.3 Å². The first-order valence-electron chi connectivity index (χ1n) is 22.6. The Kier molecular flexibility index (Phi) is 7.75. The van der Waals surface area contributed by atoms with Crippen LogP contribution in [0.5, 0.6) is 0 Å². The third-order valence-electron chi connectivity index (χ3n) is 15.9. The number of fused-ring (bicyclic) bond motifs is 14. The van der Waals surface area contributed by atoms with Crippen molar-refractivity contribution < 1.29 is 0 Å². The van der Waals surface area contributed by atoms with Crippen LogP contribution in [0.1, 0.15) is 72.9 Å². The second kappa shape index (κ2) is 13.2. The molecule has 61 heavy (non-hydrogen) atoms. The van der Waals surface area contributed by atoms with Crippen LogP contribution in [-0.2, 0) is 10.8 Å². The first-order valence-corrected chi connectivity index (χ1v) is 23.4. The van der Waals surface area contributed by atoms with Crippen molar-refractivity contribution in [1.29, 1.82) is 0 Å². The molecule has 0 amide bonds. The molecule has 13 rings (SSSR count). The van der Waals surface area contributed by atoms with Gasteiger partial charge in [-0.05, 0) is 152 Å². The van der Waals surface area contributed by atoms with Gasteiger partial charge in [0.25, 0.3) is 0 Å². The van der Waals surface area contributed by atoms with Gasteiger partial charge >= 0.3 is 0 Å². The summed E-state index contributed by atoms with van der Waals surface area (Å²) in [5.41, 5.74) is 18.9. The molecular formula is C60H48S. The van der Waals surface area contributed by atoms with Gasteiger partial charge in [0.2, 0.25) is 0 Å². The van der Waals surface area contributed by atoms with Crippen LogP contribution >= 0.6 is 11.3 Å². The molecule has 2 saturated carbocycles. The summed E-state index contributed by atoms with van der Waals surface area (Å²) < 4.78 is 2.68. The van der Waals surface area contributed by atoms with Crippen LogP contribution in [0, 0.1) is 23.7 Å². The van der Waals surface area contributed by atoms with Crippen LogP contribution in [0.2, 0.25) is 0 Å². The summed E-state index contributed by atoms with van der Waals surface area (Å²) in [6, 6.07) is 69.8. The maximum Gasteiger partial charge on any atom is 0.0713 e. The lowest BCUT2D eigenvalue weighted by molar-refractivity contribution is 0.0426. The van der Waals surface area contributed by atoms with Crippen molar-refractivity contribution >= 4 is 31.5 Å². The molecule has 1 spiro atoms. The molecule has 1 heteroatoms. The van der Waals surface area contributed by atoms with Gasteiger partial charge in [-0.2, -0.15) is 0 Å². The Hall–Kier alpha value is -6.02. The van der Waals surface area contributed by atoms with E-state index < -0.39 is 5.41 Å². The Balaban J connectivity index is 0.904. The molecule has 1 heterocycles. The van der Waals surface area contributed by atoms with E-state index in [-0.39, 0.29) is 5.41 Å². The summed E-state index contributed by atoms with van der Waals surface area (Å²) in [5.74, 6) is 3.08. The second-order valence-corrected chi connectivity index (χ2v) is 20.1. The van der Waals surface area contributed by atoms with E-state index in [4.69, 9.17) is 0 Å². The van der Waals surface area contributed by atoms with Crippen LogP contribution in [0.3, 0.4) is 0 Å². The highest BCUT2D eigenvalue weighted by molar-refractivity contribution is 7.25. The van der Waals surface area contributed by atoms with Crippen molar-refractivity contribution in [3.63, 3.8) is 0 Å². The van der Waals surface area contributed by atoms with Gasteiger partial charge in [0, 0.05) is 25.6 Å². The SMILES string of the molecule is CC1CC2CC(C)C3(c4ccccc4-c4cc(-c5ccc6c(c5)sc5cc(-c7ccc8c(c7)C(c7ccccc7)(c7ccccc7)c7ccccc7-8)ccc56)ccc43)C(C1)C2. The van der Waals surface area contributed by atoms with Crippen LogP contribution in [0.4, 0.5) is 0 Å². The topological polar surface area (TPSA) is 0 Å². The van der Waals surface area contributed by atoms with Gasteiger partial charge in [-0.25, -0.2) is 0 Å². The second-order valence-electron chi connectivity index (χ2n) is 19.0. The molecule has 294 valence electrons. The molecule has 1 aromatic heterocycles. The minimum absolute atomic E-state index is 0.135. The number of benzene rings is 8. The van der Waals surface area contributed by atoms with Gasteiger partial charge in [0.05, 0.1) is 5.41 Å². The van der Waals surface area contributed by atoms with Crippen molar-refractivity contribution in [1.82, 2.24) is 0 Å². The fourth-order valence-electron chi connectivity index (χ4n) is 13.7. The summed E-state index contributed by atoms with van der Waals surface area (Å²) in [7, 11) is 0. The maximum absolute atomic E-state index is 2.57. The molecule has 0 saturated heterocycles. The quantitative estimate of drug-likeness (QED) is 0.166. The van der Waals surface area contributed by atoms with Crippen LogP contribution in [0.25, 0.3) is 64.7 Å². The Labute approximate surface area is 363 Å². The molecule has 5 unspecified atom stereocenters. The highest BCUT2D eigenvalue weighted by atomic mass is 32.1. The lowest BCUT2D eigenvalue weighted by Gasteiger charge is -2.54. The van der Waals surface area contributed by atoms with Gasteiger partial charge in [0.1, 0.15) is 0 Å². The Morgan fingerprint density at radius 3 is 1.62 bits per heavy atom. The monoisotopic (exact) mass is 800 g/mol. The summed E-state index contributed by atoms with van der Waals surface area (Å²) >= 11 is 1.93. The van der Waals surface area contributed by atoms with E-state index in [0.717, 1.165) is 17.8 Å². The van der Waals surface area contributed by atoms with Gasteiger partial charge in [-0.1, -0.05) is 172 Å². The average molecular weight is 801 g/mol. The molecule has 0 aliphatic heterocycles. The van der Waals surface area contributed by atoms with Crippen molar-refractivity contribution in [3.8, 4) is 44.5 Å². The first-order chi connectivity index (χ1) is 30.0. The van der Waals surface area contributed by atoms with E-state index in [1.807, 2.05) is 11.3 Å². The van der Waals surface area contributed by atoms with E-state index in [9.17, 15) is 0 Å². The minimum atomic E-state index is -0.408. The molecule has 5 atom stereocenters. The van der Waals surface area contributed by atoms with E-state index >= 15 is 0 Å². The lowest BCUT2D eigenvalue weighted by Crippen LogP contribution is -2.49. The molecule has 8 aromatic carbocycles. The van der Waals surface area contributed by atoms with Crippen molar-refractivity contribution in [2.45, 2.75) is 50.4 Å². The zero-order valence-corrected chi connectivity index (χ0v) is 35.7. The van der Waals surface area contributed by atoms with Gasteiger partial charge < -0.3 is 0 Å².